The van der Waals surface area contributed by atoms with Crippen molar-refractivity contribution in [3.8, 4) is 0 Å². The number of nitrogens with one attached hydrogen (secondary N) is 2. The first-order valence-electron chi connectivity index (χ1n) is 6.37. The van der Waals surface area contributed by atoms with E-state index in [0.29, 0.717) is 10.8 Å². The molecule has 0 aliphatic carbocycles. The number of halogens is 2. The summed E-state index contributed by atoms with van der Waals surface area (Å²) in [5, 5.41) is 9.36. The summed E-state index contributed by atoms with van der Waals surface area (Å²) in [4.78, 5) is 24.1. The number of carbonyl (C=O) groups excluding carboxylic acids is 2. The quantitative estimate of drug-likeness (QED) is 0.894. The molecule has 2 aromatic rings. The van der Waals surface area contributed by atoms with E-state index in [1.165, 1.54) is 12.1 Å². The summed E-state index contributed by atoms with van der Waals surface area (Å²) in [5.74, 6) is -0.0413. The number of rotatable bonds is 4. The fraction of sp³-hybridized carbons (Fsp3) is 0.214. The van der Waals surface area contributed by atoms with E-state index >= 15 is 0 Å². The number of hydrogen-bond donors (Lipinski definition) is 2. The molecule has 0 saturated carbocycles. The Morgan fingerprint density at radius 1 is 1.27 bits per heavy atom. The summed E-state index contributed by atoms with van der Waals surface area (Å²) in [7, 11) is 0. The van der Waals surface area contributed by atoms with Crippen molar-refractivity contribution < 1.29 is 14.1 Å². The van der Waals surface area contributed by atoms with Gasteiger partial charge in [-0.05, 0) is 32.0 Å². The second kappa shape index (κ2) is 6.81. The summed E-state index contributed by atoms with van der Waals surface area (Å²) in [6, 6.07) is 5.29. The first-order valence-corrected chi connectivity index (χ1v) is 7.12. The van der Waals surface area contributed by atoms with Crippen molar-refractivity contribution in [3.05, 3.63) is 45.6 Å². The van der Waals surface area contributed by atoms with Gasteiger partial charge in [-0.2, -0.15) is 0 Å². The Kier molecular flexibility index (Phi) is 5.05. The van der Waals surface area contributed by atoms with Crippen molar-refractivity contribution in [1.29, 1.82) is 0 Å². The molecular weight excluding hydrogens is 329 g/mol. The average molecular weight is 342 g/mol. The predicted octanol–water partition coefficient (Wildman–Crippen LogP) is 3.05. The molecule has 1 aromatic heterocycles. The lowest BCUT2D eigenvalue weighted by Crippen LogP contribution is -2.41. The average Bonchev–Trinajstić information content (AvgIpc) is 2.83. The van der Waals surface area contributed by atoms with Crippen LogP contribution in [0.3, 0.4) is 0 Å². The lowest BCUT2D eigenvalue weighted by atomic mass is 10.2. The third kappa shape index (κ3) is 3.99. The van der Waals surface area contributed by atoms with Crippen molar-refractivity contribution in [2.24, 2.45) is 0 Å². The molecule has 0 aliphatic rings. The predicted molar refractivity (Wildman–Crippen MR) is 83.3 cm³/mol. The van der Waals surface area contributed by atoms with Crippen molar-refractivity contribution in [2.45, 2.75) is 19.9 Å². The smallest absolute Gasteiger partial charge is 0.253 e. The summed E-state index contributed by atoms with van der Waals surface area (Å²) in [5.41, 5.74) is 0.239. The Bertz CT molecular complexity index is 715. The van der Waals surface area contributed by atoms with Gasteiger partial charge in [-0.25, -0.2) is 0 Å². The van der Waals surface area contributed by atoms with Crippen molar-refractivity contribution in [2.75, 3.05) is 5.32 Å². The van der Waals surface area contributed by atoms with E-state index in [-0.39, 0.29) is 16.4 Å². The van der Waals surface area contributed by atoms with Crippen LogP contribution in [0.4, 0.5) is 5.82 Å². The highest BCUT2D eigenvalue weighted by Crippen LogP contribution is 2.21. The molecule has 0 fully saturated rings. The molecule has 2 rings (SSSR count). The Labute approximate surface area is 136 Å². The largest absolute Gasteiger partial charge is 0.360 e. The van der Waals surface area contributed by atoms with Crippen LogP contribution >= 0.6 is 23.2 Å². The number of aromatic nitrogens is 1. The molecule has 1 aromatic carbocycles. The summed E-state index contributed by atoms with van der Waals surface area (Å²) in [6.45, 7) is 3.25. The second-order valence-corrected chi connectivity index (χ2v) is 5.48. The third-order valence-corrected chi connectivity index (χ3v) is 3.34. The van der Waals surface area contributed by atoms with E-state index in [0.717, 1.165) is 0 Å². The first-order chi connectivity index (χ1) is 10.4. The van der Waals surface area contributed by atoms with Gasteiger partial charge < -0.3 is 15.2 Å². The Morgan fingerprint density at radius 2 is 2.00 bits per heavy atom. The summed E-state index contributed by atoms with van der Waals surface area (Å²) < 4.78 is 4.84. The molecule has 116 valence electrons. The SMILES string of the molecule is Cc1cc(NC(=O)[C@H](C)NC(=O)c2ccc(Cl)cc2Cl)no1. The van der Waals surface area contributed by atoms with Crippen LogP contribution in [0.5, 0.6) is 0 Å². The third-order valence-electron chi connectivity index (χ3n) is 2.80. The lowest BCUT2D eigenvalue weighted by molar-refractivity contribution is -0.117. The molecule has 8 heteroatoms. The van der Waals surface area contributed by atoms with E-state index in [9.17, 15) is 9.59 Å². The Morgan fingerprint density at radius 3 is 2.59 bits per heavy atom. The van der Waals surface area contributed by atoms with Crippen molar-refractivity contribution in [1.82, 2.24) is 10.5 Å². The maximum absolute atomic E-state index is 12.1. The normalized spacial score (nSPS) is 11.8. The molecule has 2 N–H and O–H groups in total. The van der Waals surface area contributed by atoms with Crippen LogP contribution in [0.15, 0.2) is 28.8 Å². The van der Waals surface area contributed by atoms with Gasteiger partial charge >= 0.3 is 0 Å². The minimum atomic E-state index is -0.781. The van der Waals surface area contributed by atoms with E-state index < -0.39 is 17.9 Å². The van der Waals surface area contributed by atoms with E-state index in [1.807, 2.05) is 0 Å². The van der Waals surface area contributed by atoms with Crippen LogP contribution in [0.2, 0.25) is 10.0 Å². The molecule has 0 spiro atoms. The minimum absolute atomic E-state index is 0.213. The minimum Gasteiger partial charge on any atom is -0.360 e. The first kappa shape index (κ1) is 16.3. The van der Waals surface area contributed by atoms with E-state index in [1.54, 1.807) is 26.0 Å². The lowest BCUT2D eigenvalue weighted by Gasteiger charge is -2.13. The Balaban J connectivity index is 1.99. The maximum Gasteiger partial charge on any atom is 0.253 e. The van der Waals surface area contributed by atoms with Gasteiger partial charge in [0.05, 0.1) is 10.6 Å². The zero-order chi connectivity index (χ0) is 16.3. The highest BCUT2D eigenvalue weighted by atomic mass is 35.5. The molecule has 0 unspecified atom stereocenters. The van der Waals surface area contributed by atoms with Gasteiger partial charge in [0, 0.05) is 11.1 Å². The van der Waals surface area contributed by atoms with Crippen molar-refractivity contribution in [3.63, 3.8) is 0 Å². The van der Waals surface area contributed by atoms with Crippen LogP contribution in [0, 0.1) is 6.92 Å². The zero-order valence-corrected chi connectivity index (χ0v) is 13.3. The zero-order valence-electron chi connectivity index (χ0n) is 11.8. The van der Waals surface area contributed by atoms with Gasteiger partial charge in [0.25, 0.3) is 5.91 Å². The second-order valence-electron chi connectivity index (χ2n) is 4.63. The van der Waals surface area contributed by atoms with Crippen LogP contribution in [0.1, 0.15) is 23.0 Å². The molecular formula is C14H13Cl2N3O3. The van der Waals surface area contributed by atoms with Crippen LogP contribution < -0.4 is 10.6 Å². The van der Waals surface area contributed by atoms with Crippen molar-refractivity contribution >= 4 is 40.8 Å². The number of anilines is 1. The van der Waals surface area contributed by atoms with Gasteiger partial charge in [0.15, 0.2) is 5.82 Å². The number of hydrogen-bond acceptors (Lipinski definition) is 4. The molecule has 1 atom stereocenters. The standard InChI is InChI=1S/C14H13Cl2N3O3/c1-7-5-12(19-22-7)18-13(20)8(2)17-14(21)10-4-3-9(15)6-11(10)16/h3-6,8H,1-2H3,(H,17,21)(H,18,19,20)/t8-/m0/s1. The van der Waals surface area contributed by atoms with Crippen LogP contribution in [-0.2, 0) is 4.79 Å². The highest BCUT2D eigenvalue weighted by Gasteiger charge is 2.19. The number of carbonyl (C=O) groups is 2. The fourth-order valence-electron chi connectivity index (χ4n) is 1.67. The van der Waals surface area contributed by atoms with Gasteiger partial charge in [-0.15, -0.1) is 0 Å². The van der Waals surface area contributed by atoms with Gasteiger partial charge in [0.1, 0.15) is 11.8 Å². The topological polar surface area (TPSA) is 84.2 Å². The summed E-state index contributed by atoms with van der Waals surface area (Å²) >= 11 is 11.7. The fourth-order valence-corrected chi connectivity index (χ4v) is 2.17. The monoisotopic (exact) mass is 341 g/mol. The molecule has 1 heterocycles. The molecule has 0 saturated heterocycles. The van der Waals surface area contributed by atoms with Gasteiger partial charge in [-0.3, -0.25) is 9.59 Å². The molecule has 0 radical (unpaired) electrons. The van der Waals surface area contributed by atoms with Gasteiger partial charge in [0.2, 0.25) is 5.91 Å². The number of aryl methyl sites for hydroxylation is 1. The van der Waals surface area contributed by atoms with Crippen LogP contribution in [0.25, 0.3) is 0 Å². The molecule has 0 bridgehead atoms. The molecule has 22 heavy (non-hydrogen) atoms. The van der Waals surface area contributed by atoms with E-state index in [2.05, 4.69) is 15.8 Å². The molecule has 2 amide bonds. The number of benzene rings is 1. The summed E-state index contributed by atoms with van der Waals surface area (Å²) in [6.07, 6.45) is 0. The number of amides is 2. The van der Waals surface area contributed by atoms with Crippen LogP contribution in [-0.4, -0.2) is 23.0 Å². The van der Waals surface area contributed by atoms with E-state index in [4.69, 9.17) is 27.7 Å². The molecule has 0 aliphatic heterocycles. The Hall–Kier alpha value is -2.05. The van der Waals surface area contributed by atoms with Gasteiger partial charge in [-0.1, -0.05) is 28.4 Å². The number of nitrogens with zero attached hydrogens (tertiary/aromatic N) is 1. The maximum atomic E-state index is 12.1. The molecule has 6 nitrogen and oxygen atoms in total. The highest BCUT2D eigenvalue weighted by molar-refractivity contribution is 6.36.